The van der Waals surface area contributed by atoms with E-state index < -0.39 is 18.1 Å². The topological polar surface area (TPSA) is 112 Å². The number of nitrogens with zero attached hydrogens (tertiary/aromatic N) is 2. The number of carbonyl (C=O) groups is 2. The molecule has 8 heteroatoms. The number of aliphatic carboxylic acids is 1. The summed E-state index contributed by atoms with van der Waals surface area (Å²) >= 11 is 0. The fourth-order valence-electron chi connectivity index (χ4n) is 5.51. The van der Waals surface area contributed by atoms with E-state index >= 15 is 0 Å². The number of aliphatic hydroxyl groups is 1. The molecule has 0 saturated carbocycles. The van der Waals surface area contributed by atoms with Crippen molar-refractivity contribution in [1.82, 2.24) is 15.2 Å². The summed E-state index contributed by atoms with van der Waals surface area (Å²) in [5, 5.41) is 22.8. The molecule has 5 heterocycles. The van der Waals surface area contributed by atoms with Crippen molar-refractivity contribution >= 4 is 22.8 Å². The van der Waals surface area contributed by atoms with Crippen molar-refractivity contribution in [2.24, 2.45) is 11.8 Å². The quantitative estimate of drug-likeness (QED) is 0.636. The molecule has 1 aromatic heterocycles. The minimum Gasteiger partial charge on any atom is -0.497 e. The highest BCUT2D eigenvalue weighted by molar-refractivity contribution is 5.87. The normalized spacial score (nSPS) is 29.2. The van der Waals surface area contributed by atoms with E-state index in [0.29, 0.717) is 12.8 Å². The van der Waals surface area contributed by atoms with E-state index in [0.717, 1.165) is 53.6 Å². The van der Waals surface area contributed by atoms with Crippen molar-refractivity contribution in [2.75, 3.05) is 20.2 Å². The van der Waals surface area contributed by atoms with Gasteiger partial charge < -0.3 is 20.3 Å². The van der Waals surface area contributed by atoms with Crippen molar-refractivity contribution in [3.63, 3.8) is 0 Å². The second kappa shape index (κ2) is 10.1. The number of carboxylic acids is 1. The number of aliphatic hydroxyl groups excluding tert-OH is 1. The predicted molar refractivity (Wildman–Crippen MR) is 124 cm³/mol. The van der Waals surface area contributed by atoms with Gasteiger partial charge in [-0.15, -0.1) is 0 Å². The van der Waals surface area contributed by atoms with Gasteiger partial charge in [0.15, 0.2) is 0 Å². The van der Waals surface area contributed by atoms with Crippen LogP contribution in [0.5, 0.6) is 5.75 Å². The molecule has 3 N–H and O–H groups in total. The SMILES string of the molecule is CC[C@H]1CN2CC[C@H]1C[C@@H]2[C@@H](O)c1ccnc2ccc(OC)cc12.O=C1CC[C@@H](C(=O)O)N1. The Labute approximate surface area is 193 Å². The van der Waals surface area contributed by atoms with Gasteiger partial charge in [0.1, 0.15) is 11.8 Å². The largest absolute Gasteiger partial charge is 0.497 e. The Kier molecular flexibility index (Phi) is 7.14. The molecule has 1 amide bonds. The van der Waals surface area contributed by atoms with Gasteiger partial charge in [-0.2, -0.15) is 0 Å². The van der Waals surface area contributed by atoms with Crippen LogP contribution in [0.2, 0.25) is 0 Å². The number of carboxylic acid groups (broad SMARTS) is 1. The van der Waals surface area contributed by atoms with Gasteiger partial charge in [-0.05, 0) is 67.5 Å². The number of nitrogens with one attached hydrogen (secondary N) is 1. The molecule has 4 aliphatic rings. The Bertz CT molecular complexity index is 1010. The molecule has 178 valence electrons. The molecule has 6 rings (SSSR count). The molecule has 0 aliphatic carbocycles. The molecule has 4 aliphatic heterocycles. The zero-order valence-corrected chi connectivity index (χ0v) is 19.2. The monoisotopic (exact) mass is 455 g/mol. The number of rotatable bonds is 5. The average molecular weight is 456 g/mol. The molecular weight excluding hydrogens is 422 g/mol. The van der Waals surface area contributed by atoms with E-state index in [1.807, 2.05) is 24.3 Å². The lowest BCUT2D eigenvalue weighted by Gasteiger charge is -2.51. The fourth-order valence-corrected chi connectivity index (χ4v) is 5.51. The summed E-state index contributed by atoms with van der Waals surface area (Å²) in [4.78, 5) is 27.5. The summed E-state index contributed by atoms with van der Waals surface area (Å²) in [7, 11) is 1.67. The molecule has 1 aromatic carbocycles. The summed E-state index contributed by atoms with van der Waals surface area (Å²) < 4.78 is 5.36. The molecule has 0 spiro atoms. The Morgan fingerprint density at radius 3 is 2.73 bits per heavy atom. The van der Waals surface area contributed by atoms with Crippen LogP contribution < -0.4 is 10.1 Å². The first kappa shape index (κ1) is 23.4. The van der Waals surface area contributed by atoms with Crippen LogP contribution in [0.4, 0.5) is 0 Å². The van der Waals surface area contributed by atoms with Crippen molar-refractivity contribution in [1.29, 1.82) is 0 Å². The van der Waals surface area contributed by atoms with Crippen LogP contribution >= 0.6 is 0 Å². The average Bonchev–Trinajstić information content (AvgIpc) is 3.30. The number of aromatic nitrogens is 1. The first-order chi connectivity index (χ1) is 15.9. The van der Waals surface area contributed by atoms with Crippen molar-refractivity contribution in [2.45, 2.75) is 57.2 Å². The van der Waals surface area contributed by atoms with E-state index in [1.165, 1.54) is 12.8 Å². The number of fused-ring (bicyclic) bond motifs is 4. The van der Waals surface area contributed by atoms with E-state index in [2.05, 4.69) is 22.1 Å². The number of piperidine rings is 3. The van der Waals surface area contributed by atoms with Gasteiger partial charge in [-0.3, -0.25) is 14.7 Å². The summed E-state index contributed by atoms with van der Waals surface area (Å²) in [6.45, 7) is 4.55. The van der Waals surface area contributed by atoms with Gasteiger partial charge in [0.05, 0.1) is 18.7 Å². The van der Waals surface area contributed by atoms with Crippen LogP contribution in [0.3, 0.4) is 0 Å². The van der Waals surface area contributed by atoms with E-state index in [4.69, 9.17) is 9.84 Å². The van der Waals surface area contributed by atoms with Crippen LogP contribution in [-0.2, 0) is 9.59 Å². The van der Waals surface area contributed by atoms with E-state index in [1.54, 1.807) is 13.3 Å². The van der Waals surface area contributed by atoms with Crippen molar-refractivity contribution in [3.8, 4) is 5.75 Å². The van der Waals surface area contributed by atoms with E-state index in [-0.39, 0.29) is 11.9 Å². The highest BCUT2D eigenvalue weighted by Crippen LogP contribution is 2.42. The van der Waals surface area contributed by atoms with E-state index in [9.17, 15) is 14.7 Å². The Hall–Kier alpha value is -2.71. The second-order valence-corrected chi connectivity index (χ2v) is 9.24. The lowest BCUT2D eigenvalue weighted by Crippen LogP contribution is -2.55. The smallest absolute Gasteiger partial charge is 0.326 e. The molecule has 8 nitrogen and oxygen atoms in total. The maximum Gasteiger partial charge on any atom is 0.326 e. The maximum atomic E-state index is 11.2. The van der Waals surface area contributed by atoms with Crippen LogP contribution in [0, 0.1) is 11.8 Å². The van der Waals surface area contributed by atoms with Gasteiger partial charge in [0.2, 0.25) is 5.91 Å². The first-order valence-electron chi connectivity index (χ1n) is 11.8. The number of hydrogen-bond acceptors (Lipinski definition) is 6. The third-order valence-electron chi connectivity index (χ3n) is 7.42. The molecule has 2 aromatic rings. The maximum absolute atomic E-state index is 11.2. The molecule has 2 bridgehead atoms. The van der Waals surface area contributed by atoms with Crippen LogP contribution in [0.25, 0.3) is 10.9 Å². The molecule has 4 fully saturated rings. The van der Waals surface area contributed by atoms with Crippen LogP contribution in [0.1, 0.15) is 50.7 Å². The number of methoxy groups -OCH3 is 1. The lowest BCUT2D eigenvalue weighted by molar-refractivity contribution is -0.140. The summed E-state index contributed by atoms with van der Waals surface area (Å²) in [5.41, 5.74) is 1.89. The predicted octanol–water partition coefficient (Wildman–Crippen LogP) is 2.75. The van der Waals surface area contributed by atoms with Gasteiger partial charge in [-0.1, -0.05) is 13.3 Å². The minimum absolute atomic E-state index is 0.164. The third kappa shape index (κ3) is 4.96. The van der Waals surface area contributed by atoms with Crippen molar-refractivity contribution in [3.05, 3.63) is 36.0 Å². The number of amides is 1. The number of ether oxygens (including phenoxy) is 1. The van der Waals surface area contributed by atoms with Crippen molar-refractivity contribution < 1.29 is 24.5 Å². The molecule has 4 saturated heterocycles. The summed E-state index contributed by atoms with van der Waals surface area (Å²) in [5.74, 6) is 1.27. The molecular formula is C25H33N3O5. The number of benzene rings is 1. The number of carbonyl (C=O) groups excluding carboxylic acids is 1. The first-order valence-corrected chi connectivity index (χ1v) is 11.8. The highest BCUT2D eigenvalue weighted by Gasteiger charge is 2.42. The minimum atomic E-state index is -0.944. The zero-order chi connectivity index (χ0) is 23.5. The number of hydrogen-bond donors (Lipinski definition) is 3. The molecule has 0 radical (unpaired) electrons. The standard InChI is InChI=1S/C20H26N2O2.C5H7NO3/c1-3-13-12-22-9-7-14(13)10-19(22)20(23)16-6-8-21-18-5-4-15(24-2)11-17(16)18;7-4-2-1-3(6-4)5(8)9/h4-6,8,11,13-14,19-20,23H,3,7,9-10,12H2,1-2H3;3H,1-2H2,(H,6,7)(H,8,9)/t13-,14-,19+,20-;3-/m00/s1. The van der Waals surface area contributed by atoms with Gasteiger partial charge in [0.25, 0.3) is 0 Å². The second-order valence-electron chi connectivity index (χ2n) is 9.24. The van der Waals surface area contributed by atoms with Gasteiger partial charge in [0, 0.05) is 30.6 Å². The lowest BCUT2D eigenvalue weighted by atomic mass is 9.72. The Morgan fingerprint density at radius 1 is 1.33 bits per heavy atom. The highest BCUT2D eigenvalue weighted by atomic mass is 16.5. The zero-order valence-electron chi connectivity index (χ0n) is 19.2. The van der Waals surface area contributed by atoms with Gasteiger partial charge >= 0.3 is 5.97 Å². The summed E-state index contributed by atoms with van der Waals surface area (Å²) in [6.07, 6.45) is 5.74. The molecule has 1 unspecified atom stereocenters. The fraction of sp³-hybridized carbons (Fsp3) is 0.560. The van der Waals surface area contributed by atoms with Crippen LogP contribution in [0.15, 0.2) is 30.5 Å². The van der Waals surface area contributed by atoms with Gasteiger partial charge in [-0.25, -0.2) is 4.79 Å². The number of pyridine rings is 1. The Balaban J connectivity index is 0.000000243. The molecule has 33 heavy (non-hydrogen) atoms. The Morgan fingerprint density at radius 2 is 2.15 bits per heavy atom. The molecule has 6 atom stereocenters. The van der Waals surface area contributed by atoms with Crippen LogP contribution in [-0.4, -0.2) is 64.3 Å². The summed E-state index contributed by atoms with van der Waals surface area (Å²) in [6, 6.07) is 7.42. The third-order valence-corrected chi connectivity index (χ3v) is 7.42.